The zero-order chi connectivity index (χ0) is 12.3. The summed E-state index contributed by atoms with van der Waals surface area (Å²) in [5.41, 5.74) is 1.10. The largest absolute Gasteiger partial charge is 0.481 e. The fraction of sp³-hybridized carbons (Fsp3) is 0.667. The molecule has 94 valence electrons. The minimum Gasteiger partial charge on any atom is -0.481 e. The SMILES string of the molecule is O=C(O)CCn1c2c(sc1=O)CCCCCC2. The van der Waals surface area contributed by atoms with Crippen LogP contribution in [0.2, 0.25) is 0 Å². The lowest BCUT2D eigenvalue weighted by Crippen LogP contribution is -2.18. The second kappa shape index (κ2) is 5.49. The topological polar surface area (TPSA) is 59.3 Å². The number of carboxylic acids is 1. The molecule has 0 radical (unpaired) electrons. The van der Waals surface area contributed by atoms with Crippen LogP contribution >= 0.6 is 11.3 Å². The predicted molar refractivity (Wildman–Crippen MR) is 66.7 cm³/mol. The smallest absolute Gasteiger partial charge is 0.307 e. The van der Waals surface area contributed by atoms with Gasteiger partial charge in [0.1, 0.15) is 0 Å². The molecule has 0 unspecified atom stereocenters. The maximum Gasteiger partial charge on any atom is 0.307 e. The maximum absolute atomic E-state index is 11.8. The molecule has 4 nitrogen and oxygen atoms in total. The molecule has 0 spiro atoms. The van der Waals surface area contributed by atoms with Gasteiger partial charge in [-0.25, -0.2) is 0 Å². The van der Waals surface area contributed by atoms with Gasteiger partial charge in [0, 0.05) is 17.1 Å². The van der Waals surface area contributed by atoms with E-state index < -0.39 is 5.97 Å². The van der Waals surface area contributed by atoms with Gasteiger partial charge in [-0.1, -0.05) is 24.2 Å². The van der Waals surface area contributed by atoms with Crippen molar-refractivity contribution in [2.45, 2.75) is 51.5 Å². The van der Waals surface area contributed by atoms with Gasteiger partial charge in [0.15, 0.2) is 0 Å². The Bertz CT molecular complexity index is 461. The molecule has 1 N–H and O–H groups in total. The summed E-state index contributed by atoms with van der Waals surface area (Å²) in [5.74, 6) is -0.845. The molecule has 1 aromatic heterocycles. The number of nitrogens with zero attached hydrogens (tertiary/aromatic N) is 1. The molecule has 0 bridgehead atoms. The highest BCUT2D eigenvalue weighted by atomic mass is 32.1. The minimum atomic E-state index is -0.845. The minimum absolute atomic E-state index is 0.0122. The van der Waals surface area contributed by atoms with E-state index in [2.05, 4.69) is 0 Å². The number of thiazole rings is 1. The van der Waals surface area contributed by atoms with Crippen molar-refractivity contribution in [1.82, 2.24) is 4.57 Å². The zero-order valence-corrected chi connectivity index (χ0v) is 10.6. The van der Waals surface area contributed by atoms with Crippen LogP contribution in [0.3, 0.4) is 0 Å². The van der Waals surface area contributed by atoms with Crippen molar-refractivity contribution in [2.24, 2.45) is 0 Å². The summed E-state index contributed by atoms with van der Waals surface area (Å²) < 4.78 is 1.68. The Morgan fingerprint density at radius 3 is 2.65 bits per heavy atom. The summed E-state index contributed by atoms with van der Waals surface area (Å²) in [6.07, 6.45) is 6.64. The number of hydrogen-bond donors (Lipinski definition) is 1. The van der Waals surface area contributed by atoms with Crippen LogP contribution in [0.1, 0.15) is 42.7 Å². The van der Waals surface area contributed by atoms with E-state index in [-0.39, 0.29) is 11.3 Å². The molecule has 5 heteroatoms. The van der Waals surface area contributed by atoms with Crippen LogP contribution in [-0.4, -0.2) is 15.6 Å². The van der Waals surface area contributed by atoms with Gasteiger partial charge in [-0.3, -0.25) is 9.59 Å². The molecular formula is C12H17NO3S. The van der Waals surface area contributed by atoms with E-state index >= 15 is 0 Å². The Labute approximate surface area is 104 Å². The summed E-state index contributed by atoms with van der Waals surface area (Å²) in [6, 6.07) is 0. The lowest BCUT2D eigenvalue weighted by molar-refractivity contribution is -0.137. The third-order valence-electron chi connectivity index (χ3n) is 3.20. The van der Waals surface area contributed by atoms with Crippen molar-refractivity contribution in [1.29, 1.82) is 0 Å². The average molecular weight is 255 g/mol. The first-order chi connectivity index (χ1) is 8.18. The van der Waals surface area contributed by atoms with Crippen molar-refractivity contribution in [3.63, 3.8) is 0 Å². The molecule has 1 aliphatic rings. The van der Waals surface area contributed by atoms with Crippen molar-refractivity contribution in [2.75, 3.05) is 0 Å². The van der Waals surface area contributed by atoms with E-state index in [0.717, 1.165) is 31.4 Å². The number of aliphatic carboxylic acids is 1. The monoisotopic (exact) mass is 255 g/mol. The molecule has 1 aromatic rings. The number of carbonyl (C=O) groups is 1. The highest BCUT2D eigenvalue weighted by molar-refractivity contribution is 7.09. The molecular weight excluding hydrogens is 238 g/mol. The molecule has 0 aliphatic heterocycles. The van der Waals surface area contributed by atoms with Crippen molar-refractivity contribution in [3.8, 4) is 0 Å². The predicted octanol–water partition coefficient (Wildman–Crippen LogP) is 2.04. The van der Waals surface area contributed by atoms with Gasteiger partial charge in [-0.15, -0.1) is 0 Å². The first kappa shape index (κ1) is 12.4. The molecule has 0 saturated heterocycles. The van der Waals surface area contributed by atoms with E-state index in [1.165, 1.54) is 29.1 Å². The molecule has 17 heavy (non-hydrogen) atoms. The zero-order valence-electron chi connectivity index (χ0n) is 9.78. The molecule has 0 atom stereocenters. The molecule has 0 amide bonds. The number of hydrogen-bond acceptors (Lipinski definition) is 3. The van der Waals surface area contributed by atoms with Gasteiger partial charge in [-0.2, -0.15) is 0 Å². The quantitative estimate of drug-likeness (QED) is 0.899. The van der Waals surface area contributed by atoms with Crippen LogP contribution in [0, 0.1) is 0 Å². The first-order valence-corrected chi connectivity index (χ1v) is 6.93. The number of aromatic nitrogens is 1. The molecule has 1 heterocycles. The van der Waals surface area contributed by atoms with Crippen LogP contribution < -0.4 is 4.87 Å². The number of carboxylic acid groups (broad SMARTS) is 1. The van der Waals surface area contributed by atoms with Gasteiger partial charge >= 0.3 is 10.8 Å². The molecule has 0 saturated carbocycles. The van der Waals surface area contributed by atoms with E-state index in [1.54, 1.807) is 4.57 Å². The van der Waals surface area contributed by atoms with Crippen LogP contribution in [0.4, 0.5) is 0 Å². The Hall–Kier alpha value is -1.10. The van der Waals surface area contributed by atoms with Crippen LogP contribution in [0.15, 0.2) is 4.79 Å². The summed E-state index contributed by atoms with van der Waals surface area (Å²) in [6.45, 7) is 0.319. The Balaban J connectivity index is 2.24. The third kappa shape index (κ3) is 2.97. The lowest BCUT2D eigenvalue weighted by Gasteiger charge is -2.12. The van der Waals surface area contributed by atoms with Crippen LogP contribution in [-0.2, 0) is 24.2 Å². The number of aryl methyl sites for hydroxylation is 1. The summed E-state index contributed by atoms with van der Waals surface area (Å²) in [7, 11) is 0. The molecule has 0 fully saturated rings. The number of rotatable bonds is 3. The molecule has 1 aliphatic carbocycles. The molecule has 2 rings (SSSR count). The van der Waals surface area contributed by atoms with Gasteiger partial charge in [0.25, 0.3) is 0 Å². The number of fused-ring (bicyclic) bond motifs is 1. The third-order valence-corrected chi connectivity index (χ3v) is 4.28. The summed E-state index contributed by atoms with van der Waals surface area (Å²) in [4.78, 5) is 23.6. The van der Waals surface area contributed by atoms with Gasteiger partial charge in [0.05, 0.1) is 6.42 Å². The fourth-order valence-electron chi connectivity index (χ4n) is 2.32. The van der Waals surface area contributed by atoms with Gasteiger partial charge < -0.3 is 9.67 Å². The normalized spacial score (nSPS) is 16.0. The Morgan fingerprint density at radius 2 is 1.94 bits per heavy atom. The van der Waals surface area contributed by atoms with Crippen molar-refractivity contribution in [3.05, 3.63) is 20.2 Å². The summed E-state index contributed by atoms with van der Waals surface area (Å²) in [5, 5.41) is 8.70. The second-order valence-corrected chi connectivity index (χ2v) is 5.49. The Morgan fingerprint density at radius 1 is 1.24 bits per heavy atom. The highest BCUT2D eigenvalue weighted by Crippen LogP contribution is 2.22. The second-order valence-electron chi connectivity index (χ2n) is 4.45. The van der Waals surface area contributed by atoms with Gasteiger partial charge in [0.2, 0.25) is 0 Å². The van der Waals surface area contributed by atoms with Crippen molar-refractivity contribution >= 4 is 17.3 Å². The van der Waals surface area contributed by atoms with E-state index in [4.69, 9.17) is 5.11 Å². The fourth-order valence-corrected chi connectivity index (χ4v) is 3.41. The van der Waals surface area contributed by atoms with E-state index in [1.807, 2.05) is 0 Å². The van der Waals surface area contributed by atoms with Crippen LogP contribution in [0.25, 0.3) is 0 Å². The highest BCUT2D eigenvalue weighted by Gasteiger charge is 2.16. The average Bonchev–Trinajstić information content (AvgIpc) is 2.52. The van der Waals surface area contributed by atoms with Crippen molar-refractivity contribution < 1.29 is 9.90 Å². The Kier molecular flexibility index (Phi) is 3.99. The van der Waals surface area contributed by atoms with Crippen LogP contribution in [0.5, 0.6) is 0 Å². The maximum atomic E-state index is 11.8. The standard InChI is InChI=1S/C12H17NO3S/c14-11(15)7-8-13-9-5-3-1-2-4-6-10(9)17-12(13)16/h1-8H2,(H,14,15). The molecule has 0 aromatic carbocycles. The van der Waals surface area contributed by atoms with E-state index in [0.29, 0.717) is 6.54 Å². The van der Waals surface area contributed by atoms with E-state index in [9.17, 15) is 9.59 Å². The van der Waals surface area contributed by atoms with Gasteiger partial charge in [-0.05, 0) is 25.7 Å². The lowest BCUT2D eigenvalue weighted by atomic mass is 10.0. The summed E-state index contributed by atoms with van der Waals surface area (Å²) >= 11 is 1.31. The first-order valence-electron chi connectivity index (χ1n) is 6.11.